The second-order valence-corrected chi connectivity index (χ2v) is 5.39. The number of hydrogen-bond acceptors (Lipinski definition) is 4. The van der Waals surface area contributed by atoms with Gasteiger partial charge in [0.05, 0.1) is 14.2 Å². The summed E-state index contributed by atoms with van der Waals surface area (Å²) in [5.41, 5.74) is 8.30. The van der Waals surface area contributed by atoms with Gasteiger partial charge >= 0.3 is 0 Å². The van der Waals surface area contributed by atoms with Gasteiger partial charge in [-0.25, -0.2) is 0 Å². The maximum absolute atomic E-state index is 12.7. The molecular weight excluding hydrogens is 334 g/mol. The van der Waals surface area contributed by atoms with Crippen LogP contribution in [-0.4, -0.2) is 20.0 Å². The Kier molecular flexibility index (Phi) is 4.53. The first-order valence-corrected chi connectivity index (χ1v) is 7.10. The Bertz CT molecular complexity index is 698. The van der Waals surface area contributed by atoms with Gasteiger partial charge in [-0.2, -0.15) is 0 Å². The zero-order chi connectivity index (χ0) is 15.6. The molecule has 0 spiro atoms. The van der Waals surface area contributed by atoms with Crippen LogP contribution in [0.25, 0.3) is 0 Å². The van der Waals surface area contributed by atoms with Crippen LogP contribution in [0.4, 0.5) is 5.69 Å². The van der Waals surface area contributed by atoms with Crippen molar-refractivity contribution in [2.24, 2.45) is 0 Å². The van der Waals surface area contributed by atoms with E-state index in [0.717, 1.165) is 5.56 Å². The standard InChI is InChI=1S/C16H16BrNO3/c1-9-10(5-4-6-13(9)18)16(19)11-7-14(20-2)15(21-3)8-12(11)17/h4-8H,18H2,1-3H3. The van der Waals surface area contributed by atoms with Crippen LogP contribution in [0.3, 0.4) is 0 Å². The van der Waals surface area contributed by atoms with E-state index >= 15 is 0 Å². The predicted octanol–water partition coefficient (Wildman–Crippen LogP) is 3.59. The van der Waals surface area contributed by atoms with E-state index < -0.39 is 0 Å². The highest BCUT2D eigenvalue weighted by Crippen LogP contribution is 2.34. The summed E-state index contributed by atoms with van der Waals surface area (Å²) in [5.74, 6) is 0.948. The van der Waals surface area contributed by atoms with Crippen molar-refractivity contribution in [3.8, 4) is 11.5 Å². The van der Waals surface area contributed by atoms with Crippen molar-refractivity contribution in [1.29, 1.82) is 0 Å². The first kappa shape index (κ1) is 15.4. The van der Waals surface area contributed by atoms with Gasteiger partial charge in [-0.15, -0.1) is 0 Å². The molecule has 0 atom stereocenters. The fourth-order valence-electron chi connectivity index (χ4n) is 2.07. The minimum Gasteiger partial charge on any atom is -0.493 e. The smallest absolute Gasteiger partial charge is 0.194 e. The summed E-state index contributed by atoms with van der Waals surface area (Å²) >= 11 is 3.40. The monoisotopic (exact) mass is 349 g/mol. The van der Waals surface area contributed by atoms with E-state index in [1.54, 1.807) is 37.4 Å². The highest BCUT2D eigenvalue weighted by atomic mass is 79.9. The number of nitrogens with two attached hydrogens (primary N) is 1. The molecule has 0 aliphatic carbocycles. The number of rotatable bonds is 4. The number of ketones is 1. The average Bonchev–Trinajstić information content (AvgIpc) is 2.49. The molecule has 0 unspecified atom stereocenters. The molecule has 2 aromatic rings. The lowest BCUT2D eigenvalue weighted by atomic mass is 9.98. The SMILES string of the molecule is COc1cc(Br)c(C(=O)c2cccc(N)c2C)cc1OC. The van der Waals surface area contributed by atoms with Gasteiger partial charge in [-0.3, -0.25) is 4.79 Å². The molecule has 0 aliphatic heterocycles. The van der Waals surface area contributed by atoms with Crippen LogP contribution in [0, 0.1) is 6.92 Å². The third-order valence-corrected chi connectivity index (χ3v) is 3.99. The molecule has 5 heteroatoms. The quantitative estimate of drug-likeness (QED) is 0.676. The number of ether oxygens (including phenoxy) is 2. The van der Waals surface area contributed by atoms with Crippen LogP contribution >= 0.6 is 15.9 Å². The van der Waals surface area contributed by atoms with Crippen molar-refractivity contribution < 1.29 is 14.3 Å². The first-order valence-electron chi connectivity index (χ1n) is 6.31. The molecule has 0 amide bonds. The van der Waals surface area contributed by atoms with E-state index in [0.29, 0.717) is 32.8 Å². The summed E-state index contributed by atoms with van der Waals surface area (Å²) < 4.78 is 11.1. The Balaban J connectivity index is 2.56. The maximum Gasteiger partial charge on any atom is 0.194 e. The molecule has 0 bridgehead atoms. The number of anilines is 1. The molecule has 0 aliphatic rings. The second kappa shape index (κ2) is 6.18. The highest BCUT2D eigenvalue weighted by Gasteiger charge is 2.19. The van der Waals surface area contributed by atoms with E-state index in [4.69, 9.17) is 15.2 Å². The number of nitrogen functional groups attached to an aromatic ring is 1. The Labute approximate surface area is 132 Å². The van der Waals surface area contributed by atoms with Gasteiger partial charge in [-0.1, -0.05) is 12.1 Å². The van der Waals surface area contributed by atoms with Gasteiger partial charge in [0, 0.05) is 21.3 Å². The van der Waals surface area contributed by atoms with Crippen molar-refractivity contribution in [2.75, 3.05) is 20.0 Å². The summed E-state index contributed by atoms with van der Waals surface area (Å²) in [6.07, 6.45) is 0. The van der Waals surface area contributed by atoms with E-state index in [1.807, 2.05) is 6.92 Å². The van der Waals surface area contributed by atoms with Gasteiger partial charge in [0.15, 0.2) is 17.3 Å². The molecule has 110 valence electrons. The van der Waals surface area contributed by atoms with Crippen molar-refractivity contribution in [3.63, 3.8) is 0 Å². The molecule has 2 aromatic carbocycles. The second-order valence-electron chi connectivity index (χ2n) is 4.54. The maximum atomic E-state index is 12.7. The number of carbonyl (C=O) groups is 1. The third kappa shape index (κ3) is 2.88. The third-order valence-electron chi connectivity index (χ3n) is 3.34. The summed E-state index contributed by atoms with van der Waals surface area (Å²) in [5, 5.41) is 0. The number of carbonyl (C=O) groups excluding carboxylic acids is 1. The van der Waals surface area contributed by atoms with E-state index in [2.05, 4.69) is 15.9 Å². The number of halogens is 1. The molecule has 4 nitrogen and oxygen atoms in total. The average molecular weight is 350 g/mol. The molecule has 0 aromatic heterocycles. The molecular formula is C16H16BrNO3. The molecule has 0 heterocycles. The van der Waals surface area contributed by atoms with Gasteiger partial charge in [0.2, 0.25) is 0 Å². The molecule has 0 radical (unpaired) electrons. The fourth-order valence-corrected chi connectivity index (χ4v) is 2.58. The van der Waals surface area contributed by atoms with Crippen molar-refractivity contribution in [2.45, 2.75) is 6.92 Å². The van der Waals surface area contributed by atoms with Crippen LogP contribution in [0.5, 0.6) is 11.5 Å². The van der Waals surface area contributed by atoms with Crippen molar-refractivity contribution >= 4 is 27.4 Å². The summed E-state index contributed by atoms with van der Waals surface area (Å²) in [6.45, 7) is 1.83. The minimum absolute atomic E-state index is 0.118. The lowest BCUT2D eigenvalue weighted by Crippen LogP contribution is -2.07. The Morgan fingerprint density at radius 1 is 1.10 bits per heavy atom. The van der Waals surface area contributed by atoms with Crippen LogP contribution in [0.15, 0.2) is 34.8 Å². The molecule has 0 fully saturated rings. The zero-order valence-corrected chi connectivity index (χ0v) is 13.7. The van der Waals surface area contributed by atoms with Gasteiger partial charge in [-0.05, 0) is 46.6 Å². The lowest BCUT2D eigenvalue weighted by Gasteiger charge is -2.13. The van der Waals surface area contributed by atoms with Gasteiger partial charge < -0.3 is 15.2 Å². The van der Waals surface area contributed by atoms with Gasteiger partial charge in [0.25, 0.3) is 0 Å². The number of benzene rings is 2. The van der Waals surface area contributed by atoms with Crippen LogP contribution in [0.1, 0.15) is 21.5 Å². The highest BCUT2D eigenvalue weighted by molar-refractivity contribution is 9.10. The largest absolute Gasteiger partial charge is 0.493 e. The van der Waals surface area contributed by atoms with Crippen LogP contribution in [-0.2, 0) is 0 Å². The molecule has 0 saturated carbocycles. The normalized spacial score (nSPS) is 10.3. The Morgan fingerprint density at radius 2 is 1.71 bits per heavy atom. The molecule has 2 N–H and O–H groups in total. The summed E-state index contributed by atoms with van der Waals surface area (Å²) in [4.78, 5) is 12.7. The Hall–Kier alpha value is -2.01. The summed E-state index contributed by atoms with van der Waals surface area (Å²) in [6, 6.07) is 8.68. The minimum atomic E-state index is -0.118. The van der Waals surface area contributed by atoms with Crippen molar-refractivity contribution in [1.82, 2.24) is 0 Å². The molecule has 21 heavy (non-hydrogen) atoms. The van der Waals surface area contributed by atoms with E-state index in [9.17, 15) is 4.79 Å². The van der Waals surface area contributed by atoms with Crippen LogP contribution in [0.2, 0.25) is 0 Å². The topological polar surface area (TPSA) is 61.5 Å². The number of hydrogen-bond donors (Lipinski definition) is 1. The molecule has 0 saturated heterocycles. The lowest BCUT2D eigenvalue weighted by molar-refractivity contribution is 0.103. The molecule has 2 rings (SSSR count). The van der Waals surface area contributed by atoms with Crippen molar-refractivity contribution in [3.05, 3.63) is 51.5 Å². The zero-order valence-electron chi connectivity index (χ0n) is 12.1. The Morgan fingerprint density at radius 3 is 2.33 bits per heavy atom. The number of methoxy groups -OCH3 is 2. The first-order chi connectivity index (χ1) is 9.99. The fraction of sp³-hybridized carbons (Fsp3) is 0.188. The van der Waals surface area contributed by atoms with E-state index in [1.165, 1.54) is 7.11 Å². The van der Waals surface area contributed by atoms with E-state index in [-0.39, 0.29) is 5.78 Å². The van der Waals surface area contributed by atoms with Gasteiger partial charge in [0.1, 0.15) is 0 Å². The van der Waals surface area contributed by atoms with Crippen LogP contribution < -0.4 is 15.2 Å². The summed E-state index contributed by atoms with van der Waals surface area (Å²) in [7, 11) is 3.08. The predicted molar refractivity (Wildman–Crippen MR) is 86.3 cm³/mol.